The normalized spacial score (nSPS) is 12.1. The van der Waals surface area contributed by atoms with Crippen LogP contribution in [-0.4, -0.2) is 23.5 Å². The van der Waals surface area contributed by atoms with E-state index in [9.17, 15) is 19.2 Å². The Balaban J connectivity index is 0.00000304. The summed E-state index contributed by atoms with van der Waals surface area (Å²) in [6, 6.07) is 25.5. The zero-order valence-electron chi connectivity index (χ0n) is 18.9. The minimum absolute atomic E-state index is 0. The number of carbonyl (C=O) groups excluding carboxylic acids is 4. The van der Waals surface area contributed by atoms with Crippen LogP contribution in [0.3, 0.4) is 0 Å². The summed E-state index contributed by atoms with van der Waals surface area (Å²) in [5.74, 6) is -1.22. The minimum atomic E-state index is -0.383. The number of aromatic nitrogens is 1. The van der Waals surface area contributed by atoms with Gasteiger partial charge < -0.3 is 22.3 Å². The fourth-order valence-corrected chi connectivity index (χ4v) is 3.96. The summed E-state index contributed by atoms with van der Waals surface area (Å²) in [6.07, 6.45) is 3.33. The molecule has 0 saturated carbocycles. The van der Waals surface area contributed by atoms with E-state index in [-0.39, 0.29) is 47.0 Å². The lowest BCUT2D eigenvalue weighted by Gasteiger charge is -2.14. The molecule has 0 radical (unpaired) electrons. The number of amides is 3. The molecule has 3 aromatic carbocycles. The molecule has 0 fully saturated rings. The molecule has 0 atom stereocenters. The van der Waals surface area contributed by atoms with Gasteiger partial charge in [-0.3, -0.25) is 19.2 Å². The highest BCUT2D eigenvalue weighted by Gasteiger charge is 2.36. The Labute approximate surface area is 217 Å². The van der Waals surface area contributed by atoms with Gasteiger partial charge in [0.2, 0.25) is 12.3 Å². The molecule has 0 saturated heterocycles. The second kappa shape index (κ2) is 10.5. The van der Waals surface area contributed by atoms with Crippen molar-refractivity contribution in [1.82, 2.24) is 0 Å². The number of para-hydroxylation sites is 1. The van der Waals surface area contributed by atoms with Gasteiger partial charge in [-0.15, -0.1) is 0 Å². The second-order valence-corrected chi connectivity index (χ2v) is 8.05. The molecule has 1 aromatic heterocycles. The first-order chi connectivity index (χ1) is 17.0. The molecule has 1 aliphatic heterocycles. The number of Topliss-reactive ketones (excluding diaryl/α,β-unsaturated/α-hetero) is 1. The monoisotopic (exact) mass is 541 g/mol. The number of ketones is 1. The van der Waals surface area contributed by atoms with E-state index < -0.39 is 0 Å². The summed E-state index contributed by atoms with van der Waals surface area (Å²) in [4.78, 5) is 51.9. The van der Waals surface area contributed by atoms with Gasteiger partial charge in [0.1, 0.15) is 5.56 Å². The van der Waals surface area contributed by atoms with Gasteiger partial charge in [0.15, 0.2) is 12.4 Å². The Morgan fingerprint density at radius 1 is 0.722 bits per heavy atom. The molecule has 0 unspecified atom stereocenters. The van der Waals surface area contributed by atoms with E-state index in [1.54, 1.807) is 89.8 Å². The van der Waals surface area contributed by atoms with Gasteiger partial charge in [0.05, 0.1) is 16.8 Å². The molecule has 3 amide bonds. The van der Waals surface area contributed by atoms with Crippen molar-refractivity contribution < 1.29 is 40.7 Å². The van der Waals surface area contributed by atoms with Crippen LogP contribution in [0.15, 0.2) is 103 Å². The van der Waals surface area contributed by atoms with Gasteiger partial charge >= 0.3 is 0 Å². The Bertz CT molecular complexity index is 1430. The lowest BCUT2D eigenvalue weighted by molar-refractivity contribution is -0.683. The molecule has 4 aromatic rings. The molecule has 0 spiro atoms. The summed E-state index contributed by atoms with van der Waals surface area (Å²) >= 11 is 0. The highest BCUT2D eigenvalue weighted by Crippen LogP contribution is 2.28. The molecule has 8 heteroatoms. The first-order valence-corrected chi connectivity index (χ1v) is 11.0. The van der Waals surface area contributed by atoms with Gasteiger partial charge in [-0.2, -0.15) is 4.57 Å². The number of hydrogen-bond acceptors (Lipinski definition) is 4. The molecule has 1 N–H and O–H groups in total. The second-order valence-electron chi connectivity index (χ2n) is 8.05. The Hall–Kier alpha value is -4.43. The number of carbonyl (C=O) groups is 4. The largest absolute Gasteiger partial charge is 1.00 e. The molecule has 1 aliphatic rings. The predicted molar refractivity (Wildman–Crippen MR) is 129 cm³/mol. The number of nitrogens with zero attached hydrogens (tertiary/aromatic N) is 2. The van der Waals surface area contributed by atoms with E-state index in [4.69, 9.17) is 0 Å². The van der Waals surface area contributed by atoms with Gasteiger partial charge in [-0.1, -0.05) is 30.3 Å². The molecule has 2 heterocycles. The standard InChI is InChI=1S/C28H19N3O4.BrH/c32-25(18-30-16-6-7-20(17-30)26(33)29-21-8-2-1-3-9-21)19-12-14-22(15-13-19)31-27(34)23-10-4-5-11-24(23)28(31)35;/h1-17H,18H2;1H. The van der Waals surface area contributed by atoms with Gasteiger partial charge in [0.25, 0.3) is 17.7 Å². The zero-order chi connectivity index (χ0) is 24.4. The van der Waals surface area contributed by atoms with Crippen molar-refractivity contribution in [3.05, 3.63) is 126 Å². The zero-order valence-corrected chi connectivity index (χ0v) is 20.5. The first-order valence-electron chi connectivity index (χ1n) is 11.0. The average Bonchev–Trinajstić information content (AvgIpc) is 3.15. The summed E-state index contributed by atoms with van der Waals surface area (Å²) in [5.41, 5.74) is 2.67. The summed E-state index contributed by atoms with van der Waals surface area (Å²) in [5, 5.41) is 2.82. The quantitative estimate of drug-likeness (QED) is 0.223. The van der Waals surface area contributed by atoms with Crippen LogP contribution in [0.1, 0.15) is 41.4 Å². The summed E-state index contributed by atoms with van der Waals surface area (Å²) in [6.45, 7) is 0.0266. The molecule has 36 heavy (non-hydrogen) atoms. The number of pyridine rings is 1. The van der Waals surface area contributed by atoms with Crippen LogP contribution >= 0.6 is 0 Å². The number of hydrogen-bond donors (Lipinski definition) is 1. The molecule has 0 aliphatic carbocycles. The fourth-order valence-electron chi connectivity index (χ4n) is 3.96. The van der Waals surface area contributed by atoms with E-state index >= 15 is 0 Å². The number of benzene rings is 3. The lowest BCUT2D eigenvalue weighted by Crippen LogP contribution is -3.00. The maximum atomic E-state index is 12.9. The Kier molecular flexibility index (Phi) is 7.17. The van der Waals surface area contributed by atoms with E-state index in [1.807, 2.05) is 18.2 Å². The van der Waals surface area contributed by atoms with Crippen molar-refractivity contribution >= 4 is 34.9 Å². The number of nitrogens with one attached hydrogen (secondary N) is 1. The van der Waals surface area contributed by atoms with Crippen molar-refractivity contribution in [3.8, 4) is 0 Å². The van der Waals surface area contributed by atoms with Crippen LogP contribution in [0.4, 0.5) is 11.4 Å². The van der Waals surface area contributed by atoms with Crippen molar-refractivity contribution in [3.63, 3.8) is 0 Å². The Morgan fingerprint density at radius 3 is 1.97 bits per heavy atom. The predicted octanol–water partition coefficient (Wildman–Crippen LogP) is 0.914. The number of fused-ring (bicyclic) bond motifs is 1. The smallest absolute Gasteiger partial charge is 0.266 e. The van der Waals surface area contributed by atoms with Crippen LogP contribution in [0.25, 0.3) is 0 Å². The topological polar surface area (TPSA) is 87.4 Å². The van der Waals surface area contributed by atoms with E-state index in [0.717, 1.165) is 4.90 Å². The van der Waals surface area contributed by atoms with E-state index in [0.29, 0.717) is 33.6 Å². The fraction of sp³-hybridized carbons (Fsp3) is 0.0357. The van der Waals surface area contributed by atoms with E-state index in [2.05, 4.69) is 5.32 Å². The summed E-state index contributed by atoms with van der Waals surface area (Å²) < 4.78 is 1.64. The van der Waals surface area contributed by atoms with Crippen LogP contribution in [0, 0.1) is 0 Å². The van der Waals surface area contributed by atoms with Gasteiger partial charge in [-0.05, 0) is 54.6 Å². The van der Waals surface area contributed by atoms with Crippen molar-refractivity contribution in [2.75, 3.05) is 10.2 Å². The van der Waals surface area contributed by atoms with Crippen molar-refractivity contribution in [1.29, 1.82) is 0 Å². The molecule has 5 rings (SSSR count). The number of rotatable bonds is 6. The number of halogens is 1. The van der Waals surface area contributed by atoms with Crippen LogP contribution in [0.2, 0.25) is 0 Å². The van der Waals surface area contributed by atoms with Gasteiger partial charge in [0, 0.05) is 17.3 Å². The Morgan fingerprint density at radius 2 is 1.33 bits per heavy atom. The van der Waals surface area contributed by atoms with Crippen molar-refractivity contribution in [2.24, 2.45) is 0 Å². The molecular formula is C28H20BrN3O4. The molecule has 7 nitrogen and oxygen atoms in total. The lowest BCUT2D eigenvalue weighted by atomic mass is 10.1. The maximum absolute atomic E-state index is 12.9. The number of anilines is 2. The third-order valence-electron chi connectivity index (χ3n) is 5.72. The van der Waals surface area contributed by atoms with Crippen LogP contribution < -0.4 is 31.8 Å². The SMILES string of the molecule is O=C(C[n+]1cccc(C(=O)Nc2ccccc2)c1)c1ccc(N2C(=O)c3ccccc3C2=O)cc1.[Br-]. The average molecular weight is 542 g/mol. The summed E-state index contributed by atoms with van der Waals surface area (Å²) in [7, 11) is 0. The highest BCUT2D eigenvalue weighted by atomic mass is 79.9. The molecule has 178 valence electrons. The third kappa shape index (κ3) is 4.85. The highest BCUT2D eigenvalue weighted by molar-refractivity contribution is 6.34. The maximum Gasteiger partial charge on any atom is 0.266 e. The van der Waals surface area contributed by atoms with E-state index in [1.165, 1.54) is 0 Å². The first kappa shape index (κ1) is 24.7. The van der Waals surface area contributed by atoms with Crippen LogP contribution in [-0.2, 0) is 6.54 Å². The minimum Gasteiger partial charge on any atom is -1.00 e. The number of imide groups is 1. The van der Waals surface area contributed by atoms with Gasteiger partial charge in [-0.25, -0.2) is 4.90 Å². The van der Waals surface area contributed by atoms with Crippen LogP contribution in [0.5, 0.6) is 0 Å². The molecular weight excluding hydrogens is 522 g/mol. The molecule has 0 bridgehead atoms. The van der Waals surface area contributed by atoms with Crippen molar-refractivity contribution in [2.45, 2.75) is 6.54 Å². The third-order valence-corrected chi connectivity index (χ3v) is 5.72.